The molecule has 6 heteroatoms. The lowest BCUT2D eigenvalue weighted by Crippen LogP contribution is -2.41. The van der Waals surface area contributed by atoms with E-state index in [0.29, 0.717) is 0 Å². The molecule has 0 bridgehead atoms. The van der Waals surface area contributed by atoms with E-state index >= 15 is 0 Å². The van der Waals surface area contributed by atoms with Crippen LogP contribution in [0.4, 0.5) is 9.18 Å². The molecular formula is C20H18FNO4. The highest BCUT2D eigenvalue weighted by atomic mass is 19.1. The third-order valence-corrected chi connectivity index (χ3v) is 5.11. The maximum absolute atomic E-state index is 13.6. The molecular weight excluding hydrogens is 337 g/mol. The summed E-state index contributed by atoms with van der Waals surface area (Å²) in [5.74, 6) is -1.32. The molecule has 5 nitrogen and oxygen atoms in total. The fourth-order valence-corrected chi connectivity index (χ4v) is 3.90. The molecule has 1 fully saturated rings. The summed E-state index contributed by atoms with van der Waals surface area (Å²) in [6.07, 6.45) is -2.31. The van der Waals surface area contributed by atoms with Gasteiger partial charge in [0.15, 0.2) is 0 Å². The molecule has 2 aliphatic rings. The molecule has 134 valence electrons. The standard InChI is InChI=1S/C20H18FNO4/c21-12-9-18(19(23)24)22(10-12)20(25)26-11-17-15-7-3-1-5-13(15)14-6-2-4-8-16(14)17/h1-8,12,17-18H,9-11H2,(H,23,24)/t12-,18+/m0/s1. The van der Waals surface area contributed by atoms with E-state index in [0.717, 1.165) is 27.2 Å². The van der Waals surface area contributed by atoms with Gasteiger partial charge in [-0.1, -0.05) is 48.5 Å². The van der Waals surface area contributed by atoms with Crippen LogP contribution in [0.2, 0.25) is 0 Å². The number of alkyl halides is 1. The average Bonchev–Trinajstić information content (AvgIpc) is 3.18. The second-order valence-corrected chi connectivity index (χ2v) is 6.64. The fourth-order valence-electron chi connectivity index (χ4n) is 3.90. The number of halogens is 1. The molecule has 1 aliphatic carbocycles. The predicted octanol–water partition coefficient (Wildman–Crippen LogP) is 3.43. The van der Waals surface area contributed by atoms with Crippen molar-refractivity contribution in [1.29, 1.82) is 0 Å². The summed E-state index contributed by atoms with van der Waals surface area (Å²) in [6, 6.07) is 14.7. The first kappa shape index (κ1) is 16.6. The zero-order valence-electron chi connectivity index (χ0n) is 14.0. The highest BCUT2D eigenvalue weighted by molar-refractivity contribution is 5.81. The van der Waals surface area contributed by atoms with Crippen LogP contribution >= 0.6 is 0 Å². The number of hydrogen-bond acceptors (Lipinski definition) is 3. The van der Waals surface area contributed by atoms with E-state index in [1.807, 2.05) is 48.5 Å². The van der Waals surface area contributed by atoms with Gasteiger partial charge in [0.1, 0.15) is 18.8 Å². The molecule has 4 rings (SSSR count). The second-order valence-electron chi connectivity index (χ2n) is 6.64. The van der Waals surface area contributed by atoms with Crippen molar-refractivity contribution < 1.29 is 23.8 Å². The van der Waals surface area contributed by atoms with E-state index in [1.165, 1.54) is 0 Å². The van der Waals surface area contributed by atoms with Gasteiger partial charge in [-0.15, -0.1) is 0 Å². The van der Waals surface area contributed by atoms with Crippen LogP contribution in [-0.4, -0.2) is 47.4 Å². The van der Waals surface area contributed by atoms with Crippen molar-refractivity contribution in [3.8, 4) is 11.1 Å². The van der Waals surface area contributed by atoms with Crippen LogP contribution in [0.3, 0.4) is 0 Å². The monoisotopic (exact) mass is 355 g/mol. The number of carboxylic acid groups (broad SMARTS) is 1. The summed E-state index contributed by atoms with van der Waals surface area (Å²) in [5.41, 5.74) is 4.36. The third-order valence-electron chi connectivity index (χ3n) is 5.11. The summed E-state index contributed by atoms with van der Waals surface area (Å²) < 4.78 is 19.0. The number of fused-ring (bicyclic) bond motifs is 3. The van der Waals surface area contributed by atoms with Crippen molar-refractivity contribution in [2.75, 3.05) is 13.2 Å². The largest absolute Gasteiger partial charge is 0.480 e. The number of rotatable bonds is 3. The van der Waals surface area contributed by atoms with Crippen LogP contribution in [-0.2, 0) is 9.53 Å². The summed E-state index contributed by atoms with van der Waals surface area (Å²) in [6.45, 7) is -0.152. The lowest BCUT2D eigenvalue weighted by Gasteiger charge is -2.22. The third kappa shape index (κ3) is 2.71. The Balaban J connectivity index is 1.53. The molecule has 1 N–H and O–H groups in total. The molecule has 0 unspecified atom stereocenters. The number of hydrogen-bond donors (Lipinski definition) is 1. The molecule has 1 heterocycles. The number of ether oxygens (including phenoxy) is 1. The summed E-state index contributed by atoms with van der Waals surface area (Å²) in [7, 11) is 0. The molecule has 1 saturated heterocycles. The first-order valence-corrected chi connectivity index (χ1v) is 8.54. The molecule has 1 amide bonds. The van der Waals surface area contributed by atoms with Gasteiger partial charge in [0.2, 0.25) is 0 Å². The smallest absolute Gasteiger partial charge is 0.410 e. The molecule has 0 radical (unpaired) electrons. The second kappa shape index (κ2) is 6.44. The van der Waals surface area contributed by atoms with E-state index in [1.54, 1.807) is 0 Å². The number of nitrogens with zero attached hydrogens (tertiary/aromatic N) is 1. The van der Waals surface area contributed by atoms with Crippen molar-refractivity contribution in [3.63, 3.8) is 0 Å². The molecule has 0 aromatic heterocycles. The van der Waals surface area contributed by atoms with E-state index in [4.69, 9.17) is 4.74 Å². The van der Waals surface area contributed by atoms with E-state index in [2.05, 4.69) is 0 Å². The van der Waals surface area contributed by atoms with Crippen LogP contribution in [0, 0.1) is 0 Å². The van der Waals surface area contributed by atoms with Crippen LogP contribution in [0.25, 0.3) is 11.1 Å². The Hall–Kier alpha value is -2.89. The van der Waals surface area contributed by atoms with Gasteiger partial charge in [-0.2, -0.15) is 0 Å². The van der Waals surface area contributed by atoms with Crippen LogP contribution in [0.15, 0.2) is 48.5 Å². The summed E-state index contributed by atoms with van der Waals surface area (Å²) in [4.78, 5) is 24.6. The lowest BCUT2D eigenvalue weighted by atomic mass is 9.98. The Labute approximate surface area is 150 Å². The zero-order chi connectivity index (χ0) is 18.3. The Morgan fingerprint density at radius 2 is 1.65 bits per heavy atom. The lowest BCUT2D eigenvalue weighted by molar-refractivity contribution is -0.141. The summed E-state index contributed by atoms with van der Waals surface area (Å²) >= 11 is 0. The first-order chi connectivity index (χ1) is 12.6. The SMILES string of the molecule is O=C(O)[C@H]1C[C@H](F)CN1C(=O)OCC1c2ccccc2-c2ccccc21. The maximum Gasteiger partial charge on any atom is 0.410 e. The Kier molecular flexibility index (Phi) is 4.11. The Morgan fingerprint density at radius 3 is 2.23 bits per heavy atom. The number of amides is 1. The van der Waals surface area contributed by atoms with Gasteiger partial charge in [-0.05, 0) is 22.3 Å². The number of carbonyl (C=O) groups excluding carboxylic acids is 1. The molecule has 2 aromatic carbocycles. The van der Waals surface area contributed by atoms with Crippen LogP contribution in [0.5, 0.6) is 0 Å². The molecule has 0 saturated carbocycles. The minimum absolute atomic E-state index is 0.0899. The topological polar surface area (TPSA) is 66.8 Å². The Bertz CT molecular complexity index is 823. The summed E-state index contributed by atoms with van der Waals surface area (Å²) in [5, 5.41) is 9.17. The average molecular weight is 355 g/mol. The van der Waals surface area contributed by atoms with Gasteiger partial charge in [-0.3, -0.25) is 4.90 Å². The van der Waals surface area contributed by atoms with Gasteiger partial charge >= 0.3 is 12.1 Å². The van der Waals surface area contributed by atoms with Crippen LogP contribution < -0.4 is 0 Å². The van der Waals surface area contributed by atoms with E-state index < -0.39 is 24.3 Å². The van der Waals surface area contributed by atoms with Crippen molar-refractivity contribution in [3.05, 3.63) is 59.7 Å². The first-order valence-electron chi connectivity index (χ1n) is 8.54. The minimum Gasteiger partial charge on any atom is -0.480 e. The normalized spacial score (nSPS) is 21.3. The number of carboxylic acids is 1. The van der Waals surface area contributed by atoms with E-state index in [9.17, 15) is 19.1 Å². The van der Waals surface area contributed by atoms with Crippen LogP contribution in [0.1, 0.15) is 23.5 Å². The maximum atomic E-state index is 13.6. The van der Waals surface area contributed by atoms with E-state index in [-0.39, 0.29) is 25.5 Å². The number of likely N-dealkylation sites (tertiary alicyclic amines) is 1. The van der Waals surface area contributed by atoms with Crippen molar-refractivity contribution in [2.45, 2.75) is 24.6 Å². The molecule has 1 aliphatic heterocycles. The number of benzene rings is 2. The van der Waals surface area contributed by atoms with Gasteiger partial charge in [0, 0.05) is 12.3 Å². The van der Waals surface area contributed by atoms with Gasteiger partial charge in [-0.25, -0.2) is 14.0 Å². The van der Waals surface area contributed by atoms with Gasteiger partial charge in [0.05, 0.1) is 6.54 Å². The molecule has 2 atom stereocenters. The minimum atomic E-state index is -1.34. The quantitative estimate of drug-likeness (QED) is 0.916. The fraction of sp³-hybridized carbons (Fsp3) is 0.300. The Morgan fingerprint density at radius 1 is 1.08 bits per heavy atom. The molecule has 26 heavy (non-hydrogen) atoms. The van der Waals surface area contributed by atoms with Gasteiger partial charge in [0.25, 0.3) is 0 Å². The molecule has 2 aromatic rings. The number of aliphatic carboxylic acids is 1. The molecule has 0 spiro atoms. The van der Waals surface area contributed by atoms with Gasteiger partial charge < -0.3 is 9.84 Å². The zero-order valence-corrected chi connectivity index (χ0v) is 14.0. The number of carbonyl (C=O) groups is 2. The van der Waals surface area contributed by atoms with Crippen molar-refractivity contribution in [2.24, 2.45) is 0 Å². The highest BCUT2D eigenvalue weighted by Crippen LogP contribution is 2.44. The predicted molar refractivity (Wildman–Crippen MR) is 92.7 cm³/mol. The highest BCUT2D eigenvalue weighted by Gasteiger charge is 2.41. The van der Waals surface area contributed by atoms with Crippen molar-refractivity contribution >= 4 is 12.1 Å². The van der Waals surface area contributed by atoms with Crippen molar-refractivity contribution in [1.82, 2.24) is 4.90 Å².